The number of hydrogen-bond donors (Lipinski definition) is 2. The molecule has 1 aromatic carbocycles. The van der Waals surface area contributed by atoms with Gasteiger partial charge in [-0.25, -0.2) is 0 Å². The van der Waals surface area contributed by atoms with E-state index in [0.717, 1.165) is 44.4 Å². The van der Waals surface area contributed by atoms with Gasteiger partial charge in [-0.15, -0.1) is 0 Å². The number of anilines is 2. The number of carbonyl (C=O) groups is 1. The average Bonchev–Trinajstić information content (AvgIpc) is 2.91. The predicted octanol–water partition coefficient (Wildman–Crippen LogP) is 1.80. The molecule has 0 radical (unpaired) electrons. The van der Waals surface area contributed by atoms with Gasteiger partial charge in [0.2, 0.25) is 6.41 Å². The Bertz CT molecular complexity index is 543. The van der Waals surface area contributed by atoms with Gasteiger partial charge in [0.05, 0.1) is 29.7 Å². The summed E-state index contributed by atoms with van der Waals surface area (Å²) in [5, 5.41) is 15.2. The molecule has 0 aromatic heterocycles. The fourth-order valence-electron chi connectivity index (χ4n) is 3.23. The second-order valence-corrected chi connectivity index (χ2v) is 5.44. The van der Waals surface area contributed by atoms with Gasteiger partial charge >= 0.3 is 0 Å². The van der Waals surface area contributed by atoms with Crippen LogP contribution in [0.1, 0.15) is 31.2 Å². The molecule has 2 aliphatic rings. The number of fused-ring (bicyclic) bond motifs is 1. The molecule has 5 heteroatoms. The highest BCUT2D eigenvalue weighted by atomic mass is 16.1. The van der Waals surface area contributed by atoms with E-state index >= 15 is 0 Å². The highest BCUT2D eigenvalue weighted by Crippen LogP contribution is 2.36. The summed E-state index contributed by atoms with van der Waals surface area (Å²) in [4.78, 5) is 12.9. The minimum absolute atomic E-state index is 0.333. The van der Waals surface area contributed by atoms with Crippen LogP contribution in [0.15, 0.2) is 18.2 Å². The number of benzene rings is 1. The lowest BCUT2D eigenvalue weighted by atomic mass is 9.90. The molecule has 5 nitrogen and oxygen atoms in total. The molecule has 104 valence electrons. The van der Waals surface area contributed by atoms with Crippen LogP contribution in [0.4, 0.5) is 11.4 Å². The standard InChI is InChI=1S/C15H18N4O/c16-8-11-1-6-15-14(7-11)17-9-19(15)13-4-2-12(3-5-13)18-10-20/h1,6-7,10,12-13,17H,2-5,9H2,(H,18,20). The van der Waals surface area contributed by atoms with Crippen LogP contribution in [0.25, 0.3) is 0 Å². The number of hydrogen-bond acceptors (Lipinski definition) is 4. The van der Waals surface area contributed by atoms with Crippen molar-refractivity contribution in [2.24, 2.45) is 0 Å². The highest BCUT2D eigenvalue weighted by Gasteiger charge is 2.29. The maximum Gasteiger partial charge on any atom is 0.207 e. The van der Waals surface area contributed by atoms with Crippen molar-refractivity contribution >= 4 is 17.8 Å². The maximum absolute atomic E-state index is 10.5. The summed E-state index contributed by atoms with van der Waals surface area (Å²) in [7, 11) is 0. The van der Waals surface area contributed by atoms with Gasteiger partial charge in [-0.2, -0.15) is 5.26 Å². The summed E-state index contributed by atoms with van der Waals surface area (Å²) in [5.41, 5.74) is 2.94. The van der Waals surface area contributed by atoms with Gasteiger partial charge in [-0.05, 0) is 43.9 Å². The summed E-state index contributed by atoms with van der Waals surface area (Å²) in [6.45, 7) is 0.806. The van der Waals surface area contributed by atoms with Gasteiger partial charge in [0.25, 0.3) is 0 Å². The Morgan fingerprint density at radius 1 is 1.35 bits per heavy atom. The molecule has 1 fully saturated rings. The molecule has 1 saturated carbocycles. The van der Waals surface area contributed by atoms with Crippen molar-refractivity contribution in [1.82, 2.24) is 5.32 Å². The summed E-state index contributed by atoms with van der Waals surface area (Å²) in [6, 6.07) is 8.84. The van der Waals surface area contributed by atoms with E-state index in [2.05, 4.69) is 21.6 Å². The van der Waals surface area contributed by atoms with Crippen molar-refractivity contribution in [3.63, 3.8) is 0 Å². The summed E-state index contributed by atoms with van der Waals surface area (Å²) in [5.74, 6) is 0. The SMILES string of the molecule is N#Cc1ccc2c(c1)NCN2C1CCC(NC=O)CC1. The van der Waals surface area contributed by atoms with Gasteiger partial charge in [0, 0.05) is 12.1 Å². The third-order valence-electron chi connectivity index (χ3n) is 4.32. The molecule has 0 bridgehead atoms. The number of nitriles is 1. The van der Waals surface area contributed by atoms with E-state index in [1.54, 1.807) is 0 Å². The number of rotatable bonds is 3. The molecule has 1 heterocycles. The minimum atomic E-state index is 0.333. The van der Waals surface area contributed by atoms with Gasteiger partial charge in [-0.3, -0.25) is 4.79 Å². The molecular weight excluding hydrogens is 252 g/mol. The maximum atomic E-state index is 10.5. The molecule has 20 heavy (non-hydrogen) atoms. The monoisotopic (exact) mass is 270 g/mol. The zero-order valence-corrected chi connectivity index (χ0v) is 11.3. The molecule has 0 atom stereocenters. The third kappa shape index (κ3) is 2.29. The first-order chi connectivity index (χ1) is 9.81. The molecule has 1 amide bonds. The lowest BCUT2D eigenvalue weighted by Crippen LogP contribution is -2.42. The van der Waals surface area contributed by atoms with Crippen molar-refractivity contribution in [2.75, 3.05) is 16.9 Å². The topological polar surface area (TPSA) is 68.2 Å². The van der Waals surface area contributed by atoms with Crippen LogP contribution in [-0.2, 0) is 4.79 Å². The van der Waals surface area contributed by atoms with E-state index in [1.807, 2.05) is 18.2 Å². The Labute approximate surface area is 118 Å². The Kier molecular flexibility index (Phi) is 3.46. The molecule has 0 unspecified atom stereocenters. The Morgan fingerprint density at radius 3 is 2.85 bits per heavy atom. The first-order valence-electron chi connectivity index (χ1n) is 7.06. The first kappa shape index (κ1) is 12.8. The summed E-state index contributed by atoms with van der Waals surface area (Å²) < 4.78 is 0. The van der Waals surface area contributed by atoms with Crippen molar-refractivity contribution in [3.8, 4) is 6.07 Å². The highest BCUT2D eigenvalue weighted by molar-refractivity contribution is 5.76. The molecule has 1 aliphatic carbocycles. The van der Waals surface area contributed by atoms with Crippen LogP contribution in [0, 0.1) is 11.3 Å². The molecule has 1 aliphatic heterocycles. The van der Waals surface area contributed by atoms with Gasteiger partial charge in [0.1, 0.15) is 0 Å². The van der Waals surface area contributed by atoms with Crippen LogP contribution >= 0.6 is 0 Å². The zero-order chi connectivity index (χ0) is 13.9. The average molecular weight is 270 g/mol. The second kappa shape index (κ2) is 5.41. The van der Waals surface area contributed by atoms with Gasteiger partial charge in [0.15, 0.2) is 0 Å². The van der Waals surface area contributed by atoms with Crippen LogP contribution in [-0.4, -0.2) is 25.2 Å². The largest absolute Gasteiger partial charge is 0.366 e. The Balaban J connectivity index is 1.70. The summed E-state index contributed by atoms with van der Waals surface area (Å²) >= 11 is 0. The smallest absolute Gasteiger partial charge is 0.207 e. The Morgan fingerprint density at radius 2 is 2.15 bits per heavy atom. The lowest BCUT2D eigenvalue weighted by Gasteiger charge is -2.35. The number of carbonyl (C=O) groups excluding carboxylic acids is 1. The van der Waals surface area contributed by atoms with Crippen LogP contribution in [0.3, 0.4) is 0 Å². The quantitative estimate of drug-likeness (QED) is 0.822. The van der Waals surface area contributed by atoms with E-state index in [0.29, 0.717) is 17.6 Å². The van der Waals surface area contributed by atoms with E-state index in [4.69, 9.17) is 5.26 Å². The number of nitrogens with zero attached hydrogens (tertiary/aromatic N) is 2. The molecule has 0 saturated heterocycles. The van der Waals surface area contributed by atoms with Crippen molar-refractivity contribution in [3.05, 3.63) is 23.8 Å². The fourth-order valence-corrected chi connectivity index (χ4v) is 3.23. The van der Waals surface area contributed by atoms with Crippen molar-refractivity contribution < 1.29 is 4.79 Å². The lowest BCUT2D eigenvalue weighted by molar-refractivity contribution is -0.110. The third-order valence-corrected chi connectivity index (χ3v) is 4.32. The van der Waals surface area contributed by atoms with Gasteiger partial charge < -0.3 is 15.5 Å². The van der Waals surface area contributed by atoms with Gasteiger partial charge in [-0.1, -0.05) is 0 Å². The molecule has 0 spiro atoms. The minimum Gasteiger partial charge on any atom is -0.366 e. The number of nitrogens with one attached hydrogen (secondary N) is 2. The molecule has 1 aromatic rings. The van der Waals surface area contributed by atoms with Crippen molar-refractivity contribution in [2.45, 2.75) is 37.8 Å². The van der Waals surface area contributed by atoms with Crippen LogP contribution in [0.2, 0.25) is 0 Å². The van der Waals surface area contributed by atoms with Crippen LogP contribution < -0.4 is 15.5 Å². The number of amides is 1. The zero-order valence-electron chi connectivity index (χ0n) is 11.3. The van der Waals surface area contributed by atoms with Crippen LogP contribution in [0.5, 0.6) is 0 Å². The van der Waals surface area contributed by atoms with E-state index in [9.17, 15) is 4.79 Å². The van der Waals surface area contributed by atoms with E-state index < -0.39 is 0 Å². The molecular formula is C15H18N4O. The molecule has 3 rings (SSSR count). The van der Waals surface area contributed by atoms with E-state index in [-0.39, 0.29) is 0 Å². The normalized spacial score (nSPS) is 24.4. The van der Waals surface area contributed by atoms with Crippen molar-refractivity contribution in [1.29, 1.82) is 5.26 Å². The predicted molar refractivity (Wildman–Crippen MR) is 77.4 cm³/mol. The first-order valence-corrected chi connectivity index (χ1v) is 7.06. The summed E-state index contributed by atoms with van der Waals surface area (Å²) in [6.07, 6.45) is 5.05. The second-order valence-electron chi connectivity index (χ2n) is 5.44. The molecule has 2 N–H and O–H groups in total. The fraction of sp³-hybridized carbons (Fsp3) is 0.467. The Hall–Kier alpha value is -2.22. The van der Waals surface area contributed by atoms with E-state index in [1.165, 1.54) is 5.69 Å².